The normalized spacial score (nSPS) is 10.3. The topological polar surface area (TPSA) is 58.6 Å². The second-order valence-corrected chi connectivity index (χ2v) is 4.13. The fourth-order valence-corrected chi connectivity index (χ4v) is 1.70. The molecule has 0 aromatic carbocycles. The highest BCUT2D eigenvalue weighted by Gasteiger charge is 2.00. The van der Waals surface area contributed by atoms with Crippen LogP contribution >= 0.6 is 11.8 Å². The van der Waals surface area contributed by atoms with Crippen LogP contribution in [0.5, 0.6) is 0 Å². The molecule has 1 N–H and O–H groups in total. The van der Waals surface area contributed by atoms with E-state index in [1.165, 1.54) is 6.07 Å². The van der Waals surface area contributed by atoms with Crippen molar-refractivity contribution in [2.45, 2.75) is 5.75 Å². The first-order chi connectivity index (χ1) is 7.79. The number of nitrogens with zero attached hydrogens (tertiary/aromatic N) is 2. The van der Waals surface area contributed by atoms with Crippen molar-refractivity contribution >= 4 is 11.8 Å². The molecule has 4 nitrogen and oxygen atoms in total. The molecule has 0 fully saturated rings. The number of rotatable bonds is 3. The minimum atomic E-state index is -0.108. The van der Waals surface area contributed by atoms with Crippen molar-refractivity contribution in [2.24, 2.45) is 0 Å². The predicted octanol–water partition coefficient (Wildman–Crippen LogP) is 1.69. The summed E-state index contributed by atoms with van der Waals surface area (Å²) in [6.07, 6.45) is 7.22. The van der Waals surface area contributed by atoms with Gasteiger partial charge >= 0.3 is 0 Å². The summed E-state index contributed by atoms with van der Waals surface area (Å²) in [5, 5.41) is 0. The maximum Gasteiger partial charge on any atom is 0.247 e. The zero-order chi connectivity index (χ0) is 11.4. The minimum Gasteiger partial charge on any atom is -0.328 e. The number of hydrogen-bond acceptors (Lipinski definition) is 4. The standard InChI is InChI=1S/C11H11N3OS/c1-16-7-10-12-5-9(6-13-10)8-2-3-11(15)14-4-8/h2-6H,7H2,1H3,(H,14,15). The molecule has 2 rings (SSSR count). The Bertz CT molecular complexity index is 501. The average molecular weight is 233 g/mol. The largest absolute Gasteiger partial charge is 0.328 e. The maximum absolute atomic E-state index is 10.9. The Kier molecular flexibility index (Phi) is 3.36. The Morgan fingerprint density at radius 2 is 2.00 bits per heavy atom. The molecule has 0 saturated carbocycles. The van der Waals surface area contributed by atoms with E-state index in [2.05, 4.69) is 15.0 Å². The van der Waals surface area contributed by atoms with Gasteiger partial charge < -0.3 is 4.98 Å². The third kappa shape index (κ3) is 2.49. The van der Waals surface area contributed by atoms with E-state index in [1.807, 2.05) is 6.26 Å². The molecule has 2 heterocycles. The summed E-state index contributed by atoms with van der Waals surface area (Å²) in [6, 6.07) is 3.25. The predicted molar refractivity (Wildman–Crippen MR) is 65.3 cm³/mol. The van der Waals surface area contributed by atoms with Gasteiger partial charge in [0.05, 0.1) is 5.75 Å². The molecule has 0 aliphatic heterocycles. The summed E-state index contributed by atoms with van der Waals surface area (Å²) in [6.45, 7) is 0. The van der Waals surface area contributed by atoms with Crippen molar-refractivity contribution in [1.29, 1.82) is 0 Å². The van der Waals surface area contributed by atoms with Crippen molar-refractivity contribution in [3.63, 3.8) is 0 Å². The summed E-state index contributed by atoms with van der Waals surface area (Å²) in [5.41, 5.74) is 1.71. The third-order valence-electron chi connectivity index (χ3n) is 2.10. The molecule has 0 saturated heterocycles. The monoisotopic (exact) mass is 233 g/mol. The molecule has 0 radical (unpaired) electrons. The first kappa shape index (κ1) is 10.9. The summed E-state index contributed by atoms with van der Waals surface area (Å²) in [5.74, 6) is 1.63. The fourth-order valence-electron chi connectivity index (χ4n) is 1.30. The maximum atomic E-state index is 10.9. The molecule has 2 aromatic heterocycles. The van der Waals surface area contributed by atoms with Gasteiger partial charge in [0.15, 0.2) is 0 Å². The zero-order valence-electron chi connectivity index (χ0n) is 8.80. The Morgan fingerprint density at radius 1 is 1.25 bits per heavy atom. The second kappa shape index (κ2) is 4.94. The van der Waals surface area contributed by atoms with E-state index < -0.39 is 0 Å². The lowest BCUT2D eigenvalue weighted by molar-refractivity contribution is 1.04. The number of nitrogens with one attached hydrogen (secondary N) is 1. The molecule has 5 heteroatoms. The van der Waals surface area contributed by atoms with Crippen molar-refractivity contribution in [3.8, 4) is 11.1 Å². The summed E-state index contributed by atoms with van der Waals surface area (Å²) < 4.78 is 0. The summed E-state index contributed by atoms with van der Waals surface area (Å²) in [7, 11) is 0. The van der Waals surface area contributed by atoms with Gasteiger partial charge in [0, 0.05) is 35.8 Å². The van der Waals surface area contributed by atoms with Crippen LogP contribution in [-0.2, 0) is 5.75 Å². The fraction of sp³-hybridized carbons (Fsp3) is 0.182. The van der Waals surface area contributed by atoms with Crippen LogP contribution in [0.15, 0.2) is 35.5 Å². The van der Waals surface area contributed by atoms with Crippen LogP contribution in [0.1, 0.15) is 5.82 Å². The van der Waals surface area contributed by atoms with E-state index in [9.17, 15) is 4.79 Å². The average Bonchev–Trinajstić information content (AvgIpc) is 2.32. The zero-order valence-corrected chi connectivity index (χ0v) is 9.62. The highest BCUT2D eigenvalue weighted by molar-refractivity contribution is 7.97. The number of aromatic amines is 1. The molecule has 0 amide bonds. The van der Waals surface area contributed by atoms with Crippen LogP contribution in [0.25, 0.3) is 11.1 Å². The summed E-state index contributed by atoms with van der Waals surface area (Å²) in [4.78, 5) is 22.0. The SMILES string of the molecule is CSCc1ncc(-c2ccc(=O)[nH]c2)cn1. The number of pyridine rings is 1. The molecule has 0 atom stereocenters. The molecule has 0 unspecified atom stereocenters. The van der Waals surface area contributed by atoms with E-state index in [4.69, 9.17) is 0 Å². The molecule has 0 aliphatic carbocycles. The highest BCUT2D eigenvalue weighted by Crippen LogP contribution is 2.15. The van der Waals surface area contributed by atoms with Crippen LogP contribution < -0.4 is 5.56 Å². The lowest BCUT2D eigenvalue weighted by atomic mass is 10.1. The number of aromatic nitrogens is 3. The van der Waals surface area contributed by atoms with Crippen LogP contribution in [0.3, 0.4) is 0 Å². The van der Waals surface area contributed by atoms with E-state index in [0.717, 1.165) is 22.7 Å². The van der Waals surface area contributed by atoms with Crippen LogP contribution in [-0.4, -0.2) is 21.2 Å². The van der Waals surface area contributed by atoms with Crippen LogP contribution in [0.2, 0.25) is 0 Å². The second-order valence-electron chi connectivity index (χ2n) is 3.26. The molecule has 0 spiro atoms. The van der Waals surface area contributed by atoms with E-state index >= 15 is 0 Å². The minimum absolute atomic E-state index is 0.108. The number of thioether (sulfide) groups is 1. The lowest BCUT2D eigenvalue weighted by Crippen LogP contribution is -2.01. The summed E-state index contributed by atoms with van der Waals surface area (Å²) >= 11 is 1.69. The quantitative estimate of drug-likeness (QED) is 0.876. The lowest BCUT2D eigenvalue weighted by Gasteiger charge is -2.01. The Morgan fingerprint density at radius 3 is 2.56 bits per heavy atom. The van der Waals surface area contributed by atoms with Crippen LogP contribution in [0, 0.1) is 0 Å². The Hall–Kier alpha value is -1.62. The van der Waals surface area contributed by atoms with Crippen molar-refractivity contribution in [2.75, 3.05) is 6.26 Å². The van der Waals surface area contributed by atoms with Crippen molar-refractivity contribution in [1.82, 2.24) is 15.0 Å². The number of H-pyrrole nitrogens is 1. The first-order valence-corrected chi connectivity index (χ1v) is 6.18. The molecule has 0 bridgehead atoms. The van der Waals surface area contributed by atoms with Gasteiger partial charge in [-0.15, -0.1) is 0 Å². The van der Waals surface area contributed by atoms with Gasteiger partial charge in [-0.25, -0.2) is 9.97 Å². The van der Waals surface area contributed by atoms with Gasteiger partial charge in [-0.3, -0.25) is 4.79 Å². The van der Waals surface area contributed by atoms with Gasteiger partial charge in [0.1, 0.15) is 5.82 Å². The van der Waals surface area contributed by atoms with Crippen LogP contribution in [0.4, 0.5) is 0 Å². The molecule has 0 aliphatic rings. The smallest absolute Gasteiger partial charge is 0.247 e. The van der Waals surface area contributed by atoms with Gasteiger partial charge in [-0.05, 0) is 12.3 Å². The highest BCUT2D eigenvalue weighted by atomic mass is 32.2. The van der Waals surface area contributed by atoms with Crippen molar-refractivity contribution in [3.05, 3.63) is 46.9 Å². The van der Waals surface area contributed by atoms with Crippen molar-refractivity contribution < 1.29 is 0 Å². The Labute approximate surface area is 97.2 Å². The Balaban J connectivity index is 2.27. The van der Waals surface area contributed by atoms with E-state index in [-0.39, 0.29) is 5.56 Å². The molecule has 82 valence electrons. The van der Waals surface area contributed by atoms with E-state index in [1.54, 1.807) is 36.4 Å². The van der Waals surface area contributed by atoms with Gasteiger partial charge in [0.25, 0.3) is 0 Å². The van der Waals surface area contributed by atoms with E-state index in [0.29, 0.717) is 0 Å². The van der Waals surface area contributed by atoms with Gasteiger partial charge in [0.2, 0.25) is 5.56 Å². The molecule has 16 heavy (non-hydrogen) atoms. The van der Waals surface area contributed by atoms with Gasteiger partial charge in [-0.1, -0.05) is 0 Å². The molecule has 2 aromatic rings. The molecular formula is C11H11N3OS. The third-order valence-corrected chi connectivity index (χ3v) is 2.64. The number of hydrogen-bond donors (Lipinski definition) is 1. The molecular weight excluding hydrogens is 222 g/mol. The van der Waals surface area contributed by atoms with Gasteiger partial charge in [-0.2, -0.15) is 11.8 Å². The first-order valence-electron chi connectivity index (χ1n) is 4.78.